The van der Waals surface area contributed by atoms with E-state index in [0.29, 0.717) is 10.9 Å². The predicted molar refractivity (Wildman–Crippen MR) is 95.3 cm³/mol. The molecule has 1 unspecified atom stereocenters. The molecule has 2 N–H and O–H groups in total. The summed E-state index contributed by atoms with van der Waals surface area (Å²) in [6.07, 6.45) is 0.969. The Bertz CT molecular complexity index is 993. The average molecular weight is 362 g/mol. The highest BCUT2D eigenvalue weighted by atomic mass is 32.2. The lowest BCUT2D eigenvalue weighted by Crippen LogP contribution is -2.30. The summed E-state index contributed by atoms with van der Waals surface area (Å²) in [6.45, 7) is 0.196. The predicted octanol–water partition coefficient (Wildman–Crippen LogP) is 0.585. The molecular weight excluding hydrogens is 344 g/mol. The van der Waals surface area contributed by atoms with E-state index in [1.165, 1.54) is 23.4 Å². The summed E-state index contributed by atoms with van der Waals surface area (Å²) in [4.78, 5) is 30.5. The molecule has 8 nitrogen and oxygen atoms in total. The van der Waals surface area contributed by atoms with Crippen LogP contribution >= 0.6 is 11.8 Å². The maximum atomic E-state index is 12.2. The first-order valence-electron chi connectivity index (χ1n) is 7.60. The molecule has 2 aromatic heterocycles. The molecule has 0 spiro atoms. The van der Waals surface area contributed by atoms with Crippen molar-refractivity contribution in [1.82, 2.24) is 19.1 Å². The zero-order valence-corrected chi connectivity index (χ0v) is 14.6. The van der Waals surface area contributed by atoms with Crippen LogP contribution in [0.1, 0.15) is 0 Å². The van der Waals surface area contributed by atoms with E-state index in [0.717, 1.165) is 0 Å². The van der Waals surface area contributed by atoms with Crippen molar-refractivity contribution in [2.75, 3.05) is 12.9 Å². The summed E-state index contributed by atoms with van der Waals surface area (Å²) in [7, 11) is 1.54. The van der Waals surface area contributed by atoms with Crippen LogP contribution in [0.4, 0.5) is 0 Å². The Morgan fingerprint density at radius 3 is 2.72 bits per heavy atom. The maximum absolute atomic E-state index is 12.2. The second kappa shape index (κ2) is 7.16. The molecule has 1 atom stereocenters. The lowest BCUT2D eigenvalue weighted by Gasteiger charge is -2.14. The molecule has 0 saturated carbocycles. The van der Waals surface area contributed by atoms with Crippen LogP contribution in [0, 0.1) is 0 Å². The number of nitrogens with one attached hydrogen (secondary N) is 1. The van der Waals surface area contributed by atoms with Crippen LogP contribution in [0.5, 0.6) is 5.75 Å². The number of para-hydroxylation sites is 1. The van der Waals surface area contributed by atoms with Gasteiger partial charge in [0.25, 0.3) is 5.56 Å². The molecule has 132 valence electrons. The van der Waals surface area contributed by atoms with E-state index in [9.17, 15) is 14.7 Å². The number of aromatic nitrogens is 4. The van der Waals surface area contributed by atoms with Crippen molar-refractivity contribution >= 4 is 22.9 Å². The molecule has 0 bridgehead atoms. The van der Waals surface area contributed by atoms with Gasteiger partial charge in [0.2, 0.25) is 0 Å². The van der Waals surface area contributed by atoms with Crippen molar-refractivity contribution in [3.05, 3.63) is 51.2 Å². The zero-order valence-electron chi connectivity index (χ0n) is 13.8. The topological polar surface area (TPSA) is 102 Å². The van der Waals surface area contributed by atoms with Crippen LogP contribution in [-0.2, 0) is 13.6 Å². The first-order chi connectivity index (χ1) is 12.0. The standard InChI is InChI=1S/C16H18N4O4S/c1-19-13-12(14(22)18-15(19)23)20(16(17-13)25-2)8-10(21)9-24-11-6-4-3-5-7-11/h3-7,10,21H,8-9H2,1-2H3,(H,18,22,23). The fourth-order valence-electron chi connectivity index (χ4n) is 2.51. The Morgan fingerprint density at radius 2 is 2.04 bits per heavy atom. The molecule has 0 aliphatic carbocycles. The SMILES string of the molecule is CSc1nc2c(c(=O)[nH]c(=O)n2C)n1CC(O)COc1ccccc1. The number of thioether (sulfide) groups is 1. The third-order valence-corrected chi connectivity index (χ3v) is 4.41. The van der Waals surface area contributed by atoms with Gasteiger partial charge >= 0.3 is 5.69 Å². The number of imidazole rings is 1. The normalized spacial score (nSPS) is 12.4. The fourth-order valence-corrected chi connectivity index (χ4v) is 3.08. The zero-order chi connectivity index (χ0) is 18.0. The third kappa shape index (κ3) is 3.47. The van der Waals surface area contributed by atoms with Gasteiger partial charge in [-0.25, -0.2) is 9.78 Å². The van der Waals surface area contributed by atoms with Gasteiger partial charge < -0.3 is 14.4 Å². The Morgan fingerprint density at radius 1 is 1.32 bits per heavy atom. The van der Waals surface area contributed by atoms with E-state index in [4.69, 9.17) is 4.74 Å². The molecule has 2 heterocycles. The number of nitrogens with zero attached hydrogens (tertiary/aromatic N) is 3. The molecule has 9 heteroatoms. The molecular formula is C16H18N4O4S. The van der Waals surface area contributed by atoms with Gasteiger partial charge in [-0.1, -0.05) is 30.0 Å². The number of aromatic amines is 1. The van der Waals surface area contributed by atoms with Gasteiger partial charge in [0.1, 0.15) is 18.5 Å². The van der Waals surface area contributed by atoms with E-state index in [1.807, 2.05) is 24.5 Å². The van der Waals surface area contributed by atoms with E-state index >= 15 is 0 Å². The summed E-state index contributed by atoms with van der Waals surface area (Å²) in [5, 5.41) is 10.9. The second-order valence-electron chi connectivity index (χ2n) is 5.48. The Balaban J connectivity index is 1.89. The van der Waals surface area contributed by atoms with Crippen LogP contribution < -0.4 is 16.0 Å². The number of hydrogen-bond donors (Lipinski definition) is 2. The molecule has 0 aliphatic heterocycles. The number of rotatable bonds is 6. The first-order valence-corrected chi connectivity index (χ1v) is 8.83. The fraction of sp³-hybridized carbons (Fsp3) is 0.312. The average Bonchev–Trinajstić information content (AvgIpc) is 2.98. The molecule has 25 heavy (non-hydrogen) atoms. The number of aryl methyl sites for hydroxylation is 1. The maximum Gasteiger partial charge on any atom is 0.329 e. The summed E-state index contributed by atoms with van der Waals surface area (Å²) in [5.41, 5.74) is -0.510. The van der Waals surface area contributed by atoms with Crippen LogP contribution in [0.15, 0.2) is 45.1 Å². The van der Waals surface area contributed by atoms with Crippen molar-refractivity contribution in [2.45, 2.75) is 17.8 Å². The van der Waals surface area contributed by atoms with Crippen molar-refractivity contribution < 1.29 is 9.84 Å². The van der Waals surface area contributed by atoms with Crippen molar-refractivity contribution in [3.63, 3.8) is 0 Å². The second-order valence-corrected chi connectivity index (χ2v) is 6.25. The van der Waals surface area contributed by atoms with Crippen LogP contribution in [0.3, 0.4) is 0 Å². The van der Waals surface area contributed by atoms with Crippen molar-refractivity contribution in [2.24, 2.45) is 7.05 Å². The minimum atomic E-state index is -0.847. The Labute approximate surface area is 147 Å². The molecule has 0 amide bonds. The number of aliphatic hydroxyl groups is 1. The van der Waals surface area contributed by atoms with Crippen LogP contribution in [-0.4, -0.2) is 43.2 Å². The van der Waals surface area contributed by atoms with Gasteiger partial charge in [0.15, 0.2) is 16.3 Å². The van der Waals surface area contributed by atoms with Gasteiger partial charge in [0.05, 0.1) is 6.54 Å². The smallest absolute Gasteiger partial charge is 0.329 e. The number of H-pyrrole nitrogens is 1. The van der Waals surface area contributed by atoms with E-state index in [-0.39, 0.29) is 24.3 Å². The molecule has 0 fully saturated rings. The Hall–Kier alpha value is -2.52. The highest BCUT2D eigenvalue weighted by Gasteiger charge is 2.19. The monoisotopic (exact) mass is 362 g/mol. The highest BCUT2D eigenvalue weighted by molar-refractivity contribution is 7.98. The third-order valence-electron chi connectivity index (χ3n) is 3.73. The van der Waals surface area contributed by atoms with Crippen LogP contribution in [0.2, 0.25) is 0 Å². The van der Waals surface area contributed by atoms with E-state index < -0.39 is 17.4 Å². The summed E-state index contributed by atoms with van der Waals surface area (Å²) in [6, 6.07) is 9.16. The van der Waals surface area contributed by atoms with Gasteiger partial charge in [-0.2, -0.15) is 0 Å². The highest BCUT2D eigenvalue weighted by Crippen LogP contribution is 2.19. The lowest BCUT2D eigenvalue weighted by atomic mass is 10.3. The summed E-state index contributed by atoms with van der Waals surface area (Å²) < 4.78 is 8.43. The summed E-state index contributed by atoms with van der Waals surface area (Å²) >= 11 is 1.33. The van der Waals surface area contributed by atoms with Gasteiger partial charge in [0, 0.05) is 7.05 Å². The lowest BCUT2D eigenvalue weighted by molar-refractivity contribution is 0.0914. The number of aliphatic hydroxyl groups excluding tert-OH is 1. The molecule has 0 radical (unpaired) electrons. The van der Waals surface area contributed by atoms with Gasteiger partial charge in [-0.15, -0.1) is 0 Å². The number of benzene rings is 1. The van der Waals surface area contributed by atoms with E-state index in [1.54, 1.807) is 16.7 Å². The largest absolute Gasteiger partial charge is 0.491 e. The van der Waals surface area contributed by atoms with Crippen molar-refractivity contribution in [3.8, 4) is 5.75 Å². The number of hydrogen-bond acceptors (Lipinski definition) is 6. The van der Waals surface area contributed by atoms with Crippen molar-refractivity contribution in [1.29, 1.82) is 0 Å². The number of ether oxygens (including phenoxy) is 1. The summed E-state index contributed by atoms with van der Waals surface area (Å²) in [5.74, 6) is 0.655. The molecule has 0 saturated heterocycles. The van der Waals surface area contributed by atoms with E-state index in [2.05, 4.69) is 9.97 Å². The van der Waals surface area contributed by atoms with Gasteiger partial charge in [-0.3, -0.25) is 14.3 Å². The molecule has 3 aromatic rings. The Kier molecular flexibility index (Phi) is 4.95. The minimum Gasteiger partial charge on any atom is -0.491 e. The quantitative estimate of drug-likeness (QED) is 0.622. The number of fused-ring (bicyclic) bond motifs is 1. The molecule has 1 aromatic carbocycles. The van der Waals surface area contributed by atoms with Gasteiger partial charge in [-0.05, 0) is 18.4 Å². The van der Waals surface area contributed by atoms with Crippen LogP contribution in [0.25, 0.3) is 11.2 Å². The first kappa shape index (κ1) is 17.3. The molecule has 3 rings (SSSR count). The molecule has 0 aliphatic rings. The minimum absolute atomic E-state index is 0.0706.